The highest BCUT2D eigenvalue weighted by Crippen LogP contribution is 2.32. The molecule has 2 unspecified atom stereocenters. The minimum Gasteiger partial charge on any atom is -0.299 e. The van der Waals surface area contributed by atoms with Gasteiger partial charge in [0.1, 0.15) is 0 Å². The average molecular weight is 249 g/mol. The van der Waals surface area contributed by atoms with E-state index in [1.54, 1.807) is 0 Å². The van der Waals surface area contributed by atoms with Crippen molar-refractivity contribution < 1.29 is 0 Å². The van der Waals surface area contributed by atoms with Gasteiger partial charge in [-0.1, -0.05) is 45.0 Å². The van der Waals surface area contributed by atoms with Gasteiger partial charge in [-0.25, -0.2) is 0 Å². The lowest BCUT2D eigenvalue weighted by molar-refractivity contribution is 0.511. The van der Waals surface area contributed by atoms with Crippen LogP contribution in [0.5, 0.6) is 0 Å². The number of rotatable bonds is 1. The molecular weight excluding hydrogens is 226 g/mol. The first-order chi connectivity index (χ1) is 7.97. The van der Waals surface area contributed by atoms with Crippen LogP contribution in [0.1, 0.15) is 50.6 Å². The van der Waals surface area contributed by atoms with Crippen molar-refractivity contribution in [3.63, 3.8) is 0 Å². The third-order valence-electron chi connectivity index (χ3n) is 3.35. The molecule has 17 heavy (non-hydrogen) atoms. The van der Waals surface area contributed by atoms with Crippen LogP contribution in [0.2, 0.25) is 0 Å². The zero-order valence-corrected chi connectivity index (χ0v) is 12.1. The average Bonchev–Trinajstić information content (AvgIpc) is 2.28. The number of hydrogen-bond acceptors (Lipinski definition) is 2. The van der Waals surface area contributed by atoms with Gasteiger partial charge < -0.3 is 0 Å². The SMILES string of the molecule is CC1CCSC(c2ccc(C(C)(C)C)cc2)N1. The standard InChI is InChI=1S/C15H23NS/c1-11-9-10-17-14(16-11)12-5-7-13(8-6-12)15(2,3)4/h5-8,11,14,16H,9-10H2,1-4H3. The minimum absolute atomic E-state index is 0.249. The zero-order valence-electron chi connectivity index (χ0n) is 11.3. The van der Waals surface area contributed by atoms with E-state index >= 15 is 0 Å². The monoisotopic (exact) mass is 249 g/mol. The van der Waals surface area contributed by atoms with Gasteiger partial charge in [0.05, 0.1) is 5.37 Å². The first-order valence-corrected chi connectivity index (χ1v) is 7.50. The molecule has 0 spiro atoms. The highest BCUT2D eigenvalue weighted by atomic mass is 32.2. The molecule has 94 valence electrons. The molecule has 1 heterocycles. The summed E-state index contributed by atoms with van der Waals surface area (Å²) in [6, 6.07) is 9.75. The quantitative estimate of drug-likeness (QED) is 0.804. The smallest absolute Gasteiger partial charge is 0.0791 e. The molecule has 1 aliphatic rings. The van der Waals surface area contributed by atoms with E-state index in [2.05, 4.69) is 57.3 Å². The van der Waals surface area contributed by atoms with Crippen molar-refractivity contribution in [2.75, 3.05) is 5.75 Å². The summed E-state index contributed by atoms with van der Waals surface area (Å²) in [6.45, 7) is 9.06. The maximum atomic E-state index is 3.65. The third-order valence-corrected chi connectivity index (χ3v) is 4.56. The topological polar surface area (TPSA) is 12.0 Å². The molecule has 1 aliphatic heterocycles. The molecule has 1 aromatic carbocycles. The number of nitrogens with one attached hydrogen (secondary N) is 1. The molecule has 0 amide bonds. The van der Waals surface area contributed by atoms with Crippen molar-refractivity contribution in [3.8, 4) is 0 Å². The highest BCUT2D eigenvalue weighted by molar-refractivity contribution is 7.99. The third kappa shape index (κ3) is 3.26. The summed E-state index contributed by atoms with van der Waals surface area (Å²) in [5, 5.41) is 4.13. The summed E-state index contributed by atoms with van der Waals surface area (Å²) in [4.78, 5) is 0. The van der Waals surface area contributed by atoms with Crippen molar-refractivity contribution in [2.24, 2.45) is 0 Å². The van der Waals surface area contributed by atoms with Gasteiger partial charge in [0.2, 0.25) is 0 Å². The van der Waals surface area contributed by atoms with E-state index < -0.39 is 0 Å². The minimum atomic E-state index is 0.249. The van der Waals surface area contributed by atoms with Crippen molar-refractivity contribution in [1.82, 2.24) is 5.32 Å². The van der Waals surface area contributed by atoms with Crippen molar-refractivity contribution >= 4 is 11.8 Å². The van der Waals surface area contributed by atoms with Gasteiger partial charge in [0.25, 0.3) is 0 Å². The van der Waals surface area contributed by atoms with Crippen LogP contribution in [-0.2, 0) is 5.41 Å². The number of hydrogen-bond donors (Lipinski definition) is 1. The lowest BCUT2D eigenvalue weighted by Gasteiger charge is -2.29. The van der Waals surface area contributed by atoms with Gasteiger partial charge in [0.15, 0.2) is 0 Å². The van der Waals surface area contributed by atoms with Crippen molar-refractivity contribution in [3.05, 3.63) is 35.4 Å². The van der Waals surface area contributed by atoms with Crippen LogP contribution >= 0.6 is 11.8 Å². The van der Waals surface area contributed by atoms with Gasteiger partial charge >= 0.3 is 0 Å². The molecule has 2 atom stereocenters. The lowest BCUT2D eigenvalue weighted by Crippen LogP contribution is -2.33. The summed E-state index contributed by atoms with van der Waals surface area (Å²) in [6.07, 6.45) is 1.28. The van der Waals surface area contributed by atoms with Gasteiger partial charge in [-0.3, -0.25) is 5.32 Å². The molecule has 0 aliphatic carbocycles. The Bertz CT molecular complexity index is 364. The number of thioether (sulfide) groups is 1. The maximum absolute atomic E-state index is 3.65. The Labute approximate surface area is 109 Å². The fourth-order valence-corrected chi connectivity index (χ4v) is 3.51. The summed E-state index contributed by atoms with van der Waals surface area (Å²) >= 11 is 2.02. The Morgan fingerprint density at radius 1 is 1.18 bits per heavy atom. The predicted molar refractivity (Wildman–Crippen MR) is 77.6 cm³/mol. The molecule has 0 saturated carbocycles. The fourth-order valence-electron chi connectivity index (χ4n) is 2.10. The molecule has 1 fully saturated rings. The van der Waals surface area contributed by atoms with E-state index in [1.165, 1.54) is 23.3 Å². The van der Waals surface area contributed by atoms with Crippen LogP contribution < -0.4 is 5.32 Å². The van der Waals surface area contributed by atoms with Crippen molar-refractivity contribution in [2.45, 2.75) is 50.9 Å². The molecule has 2 rings (SSSR count). The summed E-state index contributed by atoms with van der Waals surface area (Å²) in [5.74, 6) is 1.26. The van der Waals surface area contributed by atoms with E-state index in [0.29, 0.717) is 11.4 Å². The van der Waals surface area contributed by atoms with E-state index in [1.807, 2.05) is 11.8 Å². The van der Waals surface area contributed by atoms with Crippen LogP contribution in [0.3, 0.4) is 0 Å². The van der Waals surface area contributed by atoms with Crippen LogP contribution in [0.4, 0.5) is 0 Å². The second-order valence-corrected chi connectivity index (χ2v) is 7.19. The molecule has 0 aromatic heterocycles. The molecule has 0 bridgehead atoms. The summed E-state index contributed by atoms with van der Waals surface area (Å²) in [5.41, 5.74) is 3.07. The van der Waals surface area contributed by atoms with Crippen LogP contribution in [0.25, 0.3) is 0 Å². The first kappa shape index (κ1) is 13.0. The molecule has 0 radical (unpaired) electrons. The largest absolute Gasteiger partial charge is 0.299 e. The number of benzene rings is 1. The van der Waals surface area contributed by atoms with E-state index in [-0.39, 0.29) is 5.41 Å². The van der Waals surface area contributed by atoms with E-state index in [9.17, 15) is 0 Å². The fraction of sp³-hybridized carbons (Fsp3) is 0.600. The Hall–Kier alpha value is -0.470. The molecule has 2 heteroatoms. The Kier molecular flexibility index (Phi) is 3.84. The van der Waals surface area contributed by atoms with Crippen LogP contribution in [0, 0.1) is 0 Å². The van der Waals surface area contributed by atoms with Crippen LogP contribution in [-0.4, -0.2) is 11.8 Å². The Balaban J connectivity index is 2.12. The van der Waals surface area contributed by atoms with Gasteiger partial charge in [-0.05, 0) is 35.6 Å². The van der Waals surface area contributed by atoms with E-state index in [0.717, 1.165) is 0 Å². The van der Waals surface area contributed by atoms with Gasteiger partial charge in [0, 0.05) is 6.04 Å². The highest BCUT2D eigenvalue weighted by Gasteiger charge is 2.20. The molecule has 1 aromatic rings. The van der Waals surface area contributed by atoms with Crippen LogP contribution in [0.15, 0.2) is 24.3 Å². The van der Waals surface area contributed by atoms with E-state index in [4.69, 9.17) is 0 Å². The second-order valence-electron chi connectivity index (χ2n) is 5.98. The molecule has 1 nitrogen and oxygen atoms in total. The summed E-state index contributed by atoms with van der Waals surface area (Å²) < 4.78 is 0. The normalized spacial score (nSPS) is 25.9. The second kappa shape index (κ2) is 5.03. The Morgan fingerprint density at radius 3 is 2.35 bits per heavy atom. The Morgan fingerprint density at radius 2 is 1.82 bits per heavy atom. The first-order valence-electron chi connectivity index (χ1n) is 6.45. The van der Waals surface area contributed by atoms with Crippen molar-refractivity contribution in [1.29, 1.82) is 0 Å². The molecule has 1 saturated heterocycles. The van der Waals surface area contributed by atoms with Gasteiger partial charge in [-0.2, -0.15) is 0 Å². The maximum Gasteiger partial charge on any atom is 0.0791 e. The predicted octanol–water partition coefficient (Wildman–Crippen LogP) is 4.10. The zero-order chi connectivity index (χ0) is 12.5. The molecular formula is C15H23NS. The van der Waals surface area contributed by atoms with Gasteiger partial charge in [-0.15, -0.1) is 11.8 Å². The summed E-state index contributed by atoms with van der Waals surface area (Å²) in [7, 11) is 0. The molecule has 1 N–H and O–H groups in total. The lowest BCUT2D eigenvalue weighted by atomic mass is 9.87.